The van der Waals surface area contributed by atoms with Crippen molar-refractivity contribution in [1.82, 2.24) is 0 Å². The van der Waals surface area contributed by atoms with Crippen molar-refractivity contribution >= 4 is 24.0 Å². The summed E-state index contributed by atoms with van der Waals surface area (Å²) >= 11 is 6.04. The van der Waals surface area contributed by atoms with Crippen LogP contribution in [0.2, 0.25) is 0 Å². The fraction of sp³-hybridized carbons (Fsp3) is 1.00. The monoisotopic (exact) mass is 199 g/mol. The average Bonchev–Trinajstić information content (AvgIpc) is 1.60. The second-order valence-electron chi connectivity index (χ2n) is 3.68. The molecular formula is C8H19Cl2N. The zero-order chi connectivity index (χ0) is 8.36. The van der Waals surface area contributed by atoms with Gasteiger partial charge in [0.05, 0.1) is 5.00 Å². The minimum Gasteiger partial charge on any atom is -0.313 e. The molecule has 0 aromatic carbocycles. The molecule has 1 nitrogen and oxygen atoms in total. The number of hydrogen-bond donors (Lipinski definition) is 1. The fourth-order valence-corrected chi connectivity index (χ4v) is 1.17. The van der Waals surface area contributed by atoms with Gasteiger partial charge in [0.15, 0.2) is 0 Å². The first-order valence-corrected chi connectivity index (χ1v) is 4.22. The normalized spacial score (nSPS) is 16.4. The highest BCUT2D eigenvalue weighted by Crippen LogP contribution is 2.26. The lowest BCUT2D eigenvalue weighted by Crippen LogP contribution is -2.40. The first-order chi connectivity index (χ1) is 4.36. The summed E-state index contributed by atoms with van der Waals surface area (Å²) in [6, 6.07) is 0. The third-order valence-electron chi connectivity index (χ3n) is 1.68. The number of halogens is 2. The van der Waals surface area contributed by atoms with Gasteiger partial charge < -0.3 is 5.73 Å². The molecule has 1 atom stereocenters. The maximum atomic E-state index is 6.04. The molecule has 0 saturated carbocycles. The standard InChI is InChI=1S/C8H18ClN.ClH/c1-6(2)5-8(9,10)7(3)4;/h6-7H,5,10H2,1-4H3;1H. The van der Waals surface area contributed by atoms with E-state index in [-0.39, 0.29) is 12.4 Å². The molecule has 0 radical (unpaired) electrons. The van der Waals surface area contributed by atoms with Crippen molar-refractivity contribution in [1.29, 1.82) is 0 Å². The van der Waals surface area contributed by atoms with E-state index in [4.69, 9.17) is 17.3 Å². The van der Waals surface area contributed by atoms with E-state index in [1.165, 1.54) is 0 Å². The molecule has 0 aliphatic heterocycles. The van der Waals surface area contributed by atoms with E-state index in [9.17, 15) is 0 Å². The van der Waals surface area contributed by atoms with Gasteiger partial charge in [-0.15, -0.1) is 24.0 Å². The third-order valence-corrected chi connectivity index (χ3v) is 2.27. The quantitative estimate of drug-likeness (QED) is 0.550. The van der Waals surface area contributed by atoms with Crippen molar-refractivity contribution < 1.29 is 0 Å². The van der Waals surface area contributed by atoms with E-state index in [1.807, 2.05) is 0 Å². The van der Waals surface area contributed by atoms with Gasteiger partial charge >= 0.3 is 0 Å². The highest BCUT2D eigenvalue weighted by molar-refractivity contribution is 6.23. The predicted octanol–water partition coefficient (Wildman–Crippen LogP) is 3.00. The molecule has 0 heterocycles. The van der Waals surface area contributed by atoms with Crippen LogP contribution in [0.3, 0.4) is 0 Å². The van der Waals surface area contributed by atoms with E-state index in [0.29, 0.717) is 11.8 Å². The largest absolute Gasteiger partial charge is 0.313 e. The van der Waals surface area contributed by atoms with Gasteiger partial charge in [0.25, 0.3) is 0 Å². The second-order valence-corrected chi connectivity index (χ2v) is 4.38. The average molecular weight is 200 g/mol. The van der Waals surface area contributed by atoms with Gasteiger partial charge in [0.2, 0.25) is 0 Å². The van der Waals surface area contributed by atoms with Gasteiger partial charge in [0.1, 0.15) is 0 Å². The lowest BCUT2D eigenvalue weighted by Gasteiger charge is -2.27. The van der Waals surface area contributed by atoms with Gasteiger partial charge in [-0.3, -0.25) is 0 Å². The molecule has 0 fully saturated rings. The Labute approximate surface area is 81.1 Å². The Morgan fingerprint density at radius 2 is 1.64 bits per heavy atom. The molecule has 0 aliphatic rings. The molecule has 0 rings (SSSR count). The molecule has 70 valence electrons. The Balaban J connectivity index is 0. The van der Waals surface area contributed by atoms with Gasteiger partial charge in [-0.2, -0.15) is 0 Å². The number of hydrogen-bond acceptors (Lipinski definition) is 1. The lowest BCUT2D eigenvalue weighted by atomic mass is 9.95. The zero-order valence-electron chi connectivity index (χ0n) is 7.73. The van der Waals surface area contributed by atoms with Gasteiger partial charge in [-0.1, -0.05) is 27.7 Å². The summed E-state index contributed by atoms with van der Waals surface area (Å²) in [5.41, 5.74) is 5.83. The van der Waals surface area contributed by atoms with Crippen LogP contribution in [0.15, 0.2) is 0 Å². The topological polar surface area (TPSA) is 26.0 Å². The Morgan fingerprint density at radius 3 is 1.73 bits per heavy atom. The van der Waals surface area contributed by atoms with E-state index >= 15 is 0 Å². The third kappa shape index (κ3) is 5.77. The van der Waals surface area contributed by atoms with Crippen molar-refractivity contribution in [2.75, 3.05) is 0 Å². The van der Waals surface area contributed by atoms with Gasteiger partial charge in [0, 0.05) is 0 Å². The second kappa shape index (κ2) is 5.23. The smallest absolute Gasteiger partial charge is 0.0936 e. The Morgan fingerprint density at radius 1 is 1.27 bits per heavy atom. The molecule has 0 aliphatic carbocycles. The van der Waals surface area contributed by atoms with Crippen LogP contribution in [0.4, 0.5) is 0 Å². The lowest BCUT2D eigenvalue weighted by molar-refractivity contribution is 0.360. The van der Waals surface area contributed by atoms with Crippen LogP contribution in [0, 0.1) is 11.8 Å². The van der Waals surface area contributed by atoms with Crippen molar-refractivity contribution in [3.63, 3.8) is 0 Å². The Kier molecular flexibility index (Phi) is 6.70. The molecule has 0 amide bonds. The maximum Gasteiger partial charge on any atom is 0.0936 e. The Hall–Kier alpha value is 0.540. The maximum absolute atomic E-state index is 6.04. The van der Waals surface area contributed by atoms with Crippen LogP contribution in [-0.2, 0) is 0 Å². The van der Waals surface area contributed by atoms with Crippen LogP contribution in [0.25, 0.3) is 0 Å². The van der Waals surface area contributed by atoms with Gasteiger partial charge in [-0.25, -0.2) is 0 Å². The number of alkyl halides is 1. The van der Waals surface area contributed by atoms with Crippen molar-refractivity contribution in [3.8, 4) is 0 Å². The highest BCUT2D eigenvalue weighted by atomic mass is 35.5. The summed E-state index contributed by atoms with van der Waals surface area (Å²) in [4.78, 5) is -0.506. The van der Waals surface area contributed by atoms with Crippen LogP contribution in [0.1, 0.15) is 34.1 Å². The summed E-state index contributed by atoms with van der Waals surface area (Å²) in [5, 5.41) is 0. The van der Waals surface area contributed by atoms with E-state index < -0.39 is 5.00 Å². The first kappa shape index (κ1) is 14.1. The summed E-state index contributed by atoms with van der Waals surface area (Å²) in [6.07, 6.45) is 0.881. The SMILES string of the molecule is CC(C)CC(N)(Cl)C(C)C.Cl. The van der Waals surface area contributed by atoms with Gasteiger partial charge in [-0.05, 0) is 18.3 Å². The van der Waals surface area contributed by atoms with Crippen molar-refractivity contribution in [3.05, 3.63) is 0 Å². The molecule has 0 saturated heterocycles. The molecule has 11 heavy (non-hydrogen) atoms. The van der Waals surface area contributed by atoms with Crippen molar-refractivity contribution in [2.45, 2.75) is 39.1 Å². The molecule has 0 aromatic rings. The number of rotatable bonds is 3. The van der Waals surface area contributed by atoms with Crippen LogP contribution >= 0.6 is 24.0 Å². The van der Waals surface area contributed by atoms with E-state index in [2.05, 4.69) is 27.7 Å². The molecule has 3 heteroatoms. The molecule has 0 spiro atoms. The molecule has 2 N–H and O–H groups in total. The van der Waals surface area contributed by atoms with Crippen LogP contribution in [-0.4, -0.2) is 5.00 Å². The van der Waals surface area contributed by atoms with E-state index in [1.54, 1.807) is 0 Å². The zero-order valence-corrected chi connectivity index (χ0v) is 9.30. The fourth-order valence-electron chi connectivity index (χ4n) is 0.861. The molecule has 0 aromatic heterocycles. The predicted molar refractivity (Wildman–Crippen MR) is 54.3 cm³/mol. The van der Waals surface area contributed by atoms with Crippen LogP contribution < -0.4 is 5.73 Å². The summed E-state index contributed by atoms with van der Waals surface area (Å²) in [7, 11) is 0. The molecule has 1 unspecified atom stereocenters. The molecule has 0 bridgehead atoms. The van der Waals surface area contributed by atoms with Crippen molar-refractivity contribution in [2.24, 2.45) is 17.6 Å². The highest BCUT2D eigenvalue weighted by Gasteiger charge is 2.26. The summed E-state index contributed by atoms with van der Waals surface area (Å²) in [6.45, 7) is 8.36. The summed E-state index contributed by atoms with van der Waals surface area (Å²) in [5.74, 6) is 0.918. The van der Waals surface area contributed by atoms with E-state index in [0.717, 1.165) is 6.42 Å². The Bertz CT molecular complexity index is 100. The van der Waals surface area contributed by atoms with Crippen LogP contribution in [0.5, 0.6) is 0 Å². The molecular weight excluding hydrogens is 181 g/mol. The summed E-state index contributed by atoms with van der Waals surface area (Å²) < 4.78 is 0. The minimum absolute atomic E-state index is 0. The first-order valence-electron chi connectivity index (χ1n) is 3.84. The minimum atomic E-state index is -0.506. The number of nitrogens with two attached hydrogens (primary N) is 1.